The molecule has 1 aliphatic heterocycles. The van der Waals surface area contributed by atoms with Gasteiger partial charge in [-0.1, -0.05) is 35.2 Å². The number of benzene rings is 1. The lowest BCUT2D eigenvalue weighted by atomic mass is 9.98. The van der Waals surface area contributed by atoms with E-state index >= 15 is 0 Å². The molecular weight excluding hydrogens is 384 g/mol. The van der Waals surface area contributed by atoms with E-state index in [1.165, 1.54) is 11.8 Å². The summed E-state index contributed by atoms with van der Waals surface area (Å²) in [5.74, 6) is -0.120. The summed E-state index contributed by atoms with van der Waals surface area (Å²) < 4.78 is 8.24. The molecule has 9 heteroatoms. The lowest BCUT2D eigenvalue weighted by Gasteiger charge is -2.31. The van der Waals surface area contributed by atoms with Crippen LogP contribution in [-0.4, -0.2) is 56.8 Å². The number of thiazole rings is 1. The third-order valence-electron chi connectivity index (χ3n) is 4.63. The van der Waals surface area contributed by atoms with Crippen LogP contribution in [-0.2, 0) is 14.3 Å². The van der Waals surface area contributed by atoms with Crippen LogP contribution in [0.5, 0.6) is 0 Å². The summed E-state index contributed by atoms with van der Waals surface area (Å²) in [6.45, 7) is 3.30. The zero-order chi connectivity index (χ0) is 18.8. The largest absolute Gasteiger partial charge is 0.466 e. The van der Waals surface area contributed by atoms with Gasteiger partial charge in [0, 0.05) is 13.1 Å². The molecule has 0 saturated carbocycles. The molecule has 0 N–H and O–H groups in total. The molecule has 0 bridgehead atoms. The van der Waals surface area contributed by atoms with Crippen molar-refractivity contribution in [3.05, 3.63) is 24.3 Å². The molecule has 27 heavy (non-hydrogen) atoms. The number of amides is 1. The highest BCUT2D eigenvalue weighted by Gasteiger charge is 2.29. The van der Waals surface area contributed by atoms with Crippen molar-refractivity contribution >= 4 is 50.2 Å². The van der Waals surface area contributed by atoms with Crippen LogP contribution in [0.15, 0.2) is 29.4 Å². The van der Waals surface area contributed by atoms with Crippen molar-refractivity contribution in [1.82, 2.24) is 19.5 Å². The number of hydrogen-bond donors (Lipinski definition) is 0. The van der Waals surface area contributed by atoms with Gasteiger partial charge in [0.15, 0.2) is 5.16 Å². The first-order valence-electron chi connectivity index (χ1n) is 8.97. The van der Waals surface area contributed by atoms with Crippen LogP contribution in [0.1, 0.15) is 19.8 Å². The Kier molecular flexibility index (Phi) is 5.31. The minimum absolute atomic E-state index is 0.0188. The van der Waals surface area contributed by atoms with Crippen molar-refractivity contribution in [2.45, 2.75) is 24.9 Å². The molecule has 7 nitrogen and oxygen atoms in total. The summed E-state index contributed by atoms with van der Waals surface area (Å²) in [6.07, 6.45) is 1.60. The monoisotopic (exact) mass is 404 g/mol. The van der Waals surface area contributed by atoms with Gasteiger partial charge >= 0.3 is 5.97 Å². The number of carbonyl (C=O) groups is 2. The van der Waals surface area contributed by atoms with Crippen molar-refractivity contribution in [3.8, 4) is 0 Å². The summed E-state index contributed by atoms with van der Waals surface area (Å²) in [5.41, 5.74) is 1.05. The first-order valence-corrected chi connectivity index (χ1v) is 10.8. The predicted octanol–water partition coefficient (Wildman–Crippen LogP) is 2.84. The summed E-state index contributed by atoms with van der Waals surface area (Å²) in [4.78, 5) is 27.2. The molecule has 0 spiro atoms. The average molecular weight is 405 g/mol. The van der Waals surface area contributed by atoms with Crippen LogP contribution in [0.2, 0.25) is 0 Å². The van der Waals surface area contributed by atoms with Crippen molar-refractivity contribution < 1.29 is 14.3 Å². The maximum Gasteiger partial charge on any atom is 0.310 e. The maximum absolute atomic E-state index is 12.7. The summed E-state index contributed by atoms with van der Waals surface area (Å²) in [5, 5.41) is 9.18. The first kappa shape index (κ1) is 18.2. The van der Waals surface area contributed by atoms with Crippen LogP contribution in [0.4, 0.5) is 0 Å². The van der Waals surface area contributed by atoms with E-state index in [0.29, 0.717) is 19.7 Å². The number of para-hydroxylation sites is 1. The van der Waals surface area contributed by atoms with E-state index in [0.717, 1.165) is 33.2 Å². The van der Waals surface area contributed by atoms with Crippen LogP contribution < -0.4 is 0 Å². The van der Waals surface area contributed by atoms with E-state index < -0.39 is 0 Å². The molecule has 3 aromatic rings. The van der Waals surface area contributed by atoms with Gasteiger partial charge in [0.25, 0.3) is 0 Å². The molecule has 1 atom stereocenters. The first-order chi connectivity index (χ1) is 13.2. The van der Waals surface area contributed by atoms with Crippen LogP contribution in [0, 0.1) is 5.92 Å². The highest BCUT2D eigenvalue weighted by atomic mass is 32.2. The standard InChI is InChI=1S/C18H20N4O3S2/c1-2-25-16(24)12-6-5-9-21(10-12)15(23)11-26-17-19-20-18-22(17)13-7-3-4-8-14(13)27-18/h3-4,7-8,12H,2,5-6,9-11H2,1H3/t12-/m1/s1. The normalized spacial score (nSPS) is 17.5. The topological polar surface area (TPSA) is 76.8 Å². The highest BCUT2D eigenvalue weighted by Crippen LogP contribution is 2.29. The van der Waals surface area contributed by atoms with E-state index in [1.54, 1.807) is 23.2 Å². The van der Waals surface area contributed by atoms with Crippen molar-refractivity contribution in [3.63, 3.8) is 0 Å². The molecule has 0 aliphatic carbocycles. The quantitative estimate of drug-likeness (QED) is 0.481. The molecule has 1 saturated heterocycles. The predicted molar refractivity (Wildman–Crippen MR) is 105 cm³/mol. The van der Waals surface area contributed by atoms with E-state index in [4.69, 9.17) is 4.74 Å². The zero-order valence-electron chi connectivity index (χ0n) is 15.0. The van der Waals surface area contributed by atoms with Crippen LogP contribution in [0.25, 0.3) is 15.2 Å². The fourth-order valence-electron chi connectivity index (χ4n) is 3.32. The Bertz CT molecular complexity index is 983. The number of rotatable bonds is 5. The van der Waals surface area contributed by atoms with Gasteiger partial charge in [-0.25, -0.2) is 0 Å². The van der Waals surface area contributed by atoms with Crippen molar-refractivity contribution in [2.75, 3.05) is 25.4 Å². The lowest BCUT2D eigenvalue weighted by Crippen LogP contribution is -2.43. The van der Waals surface area contributed by atoms with E-state index in [-0.39, 0.29) is 23.5 Å². The third kappa shape index (κ3) is 3.66. The molecule has 1 fully saturated rings. The number of aromatic nitrogens is 3. The molecule has 2 aromatic heterocycles. The number of thioether (sulfide) groups is 1. The number of carbonyl (C=O) groups excluding carboxylic acids is 2. The van der Waals surface area contributed by atoms with Gasteiger partial charge in [0.05, 0.1) is 28.5 Å². The second-order valence-electron chi connectivity index (χ2n) is 6.39. The number of nitrogens with zero attached hydrogens (tertiary/aromatic N) is 4. The van der Waals surface area contributed by atoms with Gasteiger partial charge < -0.3 is 9.64 Å². The second kappa shape index (κ2) is 7.85. The summed E-state index contributed by atoms with van der Waals surface area (Å²) in [6, 6.07) is 8.07. The van der Waals surface area contributed by atoms with Gasteiger partial charge in [-0.15, -0.1) is 10.2 Å². The minimum atomic E-state index is -0.215. The Morgan fingerprint density at radius 1 is 1.33 bits per heavy atom. The van der Waals surface area contributed by atoms with Gasteiger partial charge in [0.2, 0.25) is 10.9 Å². The van der Waals surface area contributed by atoms with Crippen molar-refractivity contribution in [2.24, 2.45) is 5.92 Å². The number of piperidine rings is 1. The Balaban J connectivity index is 1.43. The molecular formula is C18H20N4O3S2. The Hall–Kier alpha value is -2.13. The summed E-state index contributed by atoms with van der Waals surface area (Å²) >= 11 is 2.97. The number of hydrogen-bond acceptors (Lipinski definition) is 7. The smallest absolute Gasteiger partial charge is 0.310 e. The van der Waals surface area contributed by atoms with E-state index in [2.05, 4.69) is 16.3 Å². The highest BCUT2D eigenvalue weighted by molar-refractivity contribution is 7.99. The van der Waals surface area contributed by atoms with Crippen LogP contribution in [0.3, 0.4) is 0 Å². The van der Waals surface area contributed by atoms with Gasteiger partial charge in [-0.3, -0.25) is 14.0 Å². The fraction of sp³-hybridized carbons (Fsp3) is 0.444. The molecule has 0 radical (unpaired) electrons. The molecule has 142 valence electrons. The maximum atomic E-state index is 12.7. The zero-order valence-corrected chi connectivity index (χ0v) is 16.6. The van der Waals surface area contributed by atoms with Crippen molar-refractivity contribution in [1.29, 1.82) is 0 Å². The van der Waals surface area contributed by atoms with Gasteiger partial charge in [0.1, 0.15) is 0 Å². The Morgan fingerprint density at radius 3 is 3.04 bits per heavy atom. The van der Waals surface area contributed by atoms with Gasteiger partial charge in [-0.05, 0) is 31.9 Å². The summed E-state index contributed by atoms with van der Waals surface area (Å²) in [7, 11) is 0. The fourth-order valence-corrected chi connectivity index (χ4v) is 5.19. The number of ether oxygens (including phenoxy) is 1. The van der Waals surface area contributed by atoms with E-state index in [1.807, 2.05) is 22.6 Å². The molecule has 3 heterocycles. The van der Waals surface area contributed by atoms with Gasteiger partial charge in [-0.2, -0.15) is 0 Å². The molecule has 1 aliphatic rings. The Morgan fingerprint density at radius 2 is 2.19 bits per heavy atom. The third-order valence-corrected chi connectivity index (χ3v) is 6.56. The SMILES string of the molecule is CCOC(=O)[C@@H]1CCCN(C(=O)CSc2nnc3sc4ccccc4n23)C1. The molecule has 0 unspecified atom stereocenters. The van der Waals surface area contributed by atoms with E-state index in [9.17, 15) is 9.59 Å². The molecule has 4 rings (SSSR count). The number of fused-ring (bicyclic) bond motifs is 3. The minimum Gasteiger partial charge on any atom is -0.466 e. The Labute approximate surface area is 164 Å². The van der Waals surface area contributed by atoms with Crippen LogP contribution >= 0.6 is 23.1 Å². The molecule has 1 aromatic carbocycles. The molecule has 1 amide bonds. The second-order valence-corrected chi connectivity index (χ2v) is 8.34. The average Bonchev–Trinajstić information content (AvgIpc) is 3.25. The lowest BCUT2D eigenvalue weighted by molar-refractivity contribution is -0.151. The number of esters is 1. The number of likely N-dealkylation sites (tertiary alicyclic amines) is 1.